The third-order valence-electron chi connectivity index (χ3n) is 4.54. The summed E-state index contributed by atoms with van der Waals surface area (Å²) in [7, 11) is 1.59. The van der Waals surface area contributed by atoms with Gasteiger partial charge < -0.3 is 9.80 Å². The summed E-state index contributed by atoms with van der Waals surface area (Å²) in [4.78, 5) is 26.4. The number of amides is 1. The van der Waals surface area contributed by atoms with Crippen LogP contribution >= 0.6 is 0 Å². The molecule has 138 valence electrons. The lowest BCUT2D eigenvalue weighted by Crippen LogP contribution is -2.37. The maximum absolute atomic E-state index is 13.5. The van der Waals surface area contributed by atoms with E-state index in [1.165, 1.54) is 16.7 Å². The van der Waals surface area contributed by atoms with Gasteiger partial charge in [-0.1, -0.05) is 24.3 Å². The minimum absolute atomic E-state index is 0.191. The fourth-order valence-electron chi connectivity index (χ4n) is 3.18. The number of alkyl halides is 3. The number of benzene rings is 1. The standard InChI is InChI=1S/C17H17F3N4O2/c1-10(25)23(2)9-14-12-6-4-3-5-11(12)8-24(14)13-7-21-22-16(26)15(13)17(18,19)20/h3-7,14H,8-9H2,1-2H3,(H,22,26). The van der Waals surface area contributed by atoms with Crippen LogP contribution in [0.2, 0.25) is 0 Å². The van der Waals surface area contributed by atoms with Gasteiger partial charge in [-0.2, -0.15) is 18.3 Å². The number of aromatic amines is 1. The van der Waals surface area contributed by atoms with Crippen LogP contribution in [0.15, 0.2) is 35.3 Å². The monoisotopic (exact) mass is 366 g/mol. The predicted octanol–water partition coefficient (Wildman–Crippen LogP) is 2.33. The number of halogens is 3. The van der Waals surface area contributed by atoms with Gasteiger partial charge in [0.25, 0.3) is 5.56 Å². The molecule has 0 spiro atoms. The average molecular weight is 366 g/mol. The highest BCUT2D eigenvalue weighted by Crippen LogP contribution is 2.42. The number of nitrogens with one attached hydrogen (secondary N) is 1. The van der Waals surface area contributed by atoms with Crippen molar-refractivity contribution >= 4 is 11.6 Å². The molecule has 6 nitrogen and oxygen atoms in total. The number of fused-ring (bicyclic) bond motifs is 1. The molecule has 9 heteroatoms. The lowest BCUT2D eigenvalue weighted by molar-refractivity contribution is -0.138. The first-order chi connectivity index (χ1) is 12.2. The van der Waals surface area contributed by atoms with Gasteiger partial charge >= 0.3 is 6.18 Å². The van der Waals surface area contributed by atoms with E-state index in [4.69, 9.17) is 0 Å². The maximum Gasteiger partial charge on any atom is 0.423 e. The molecule has 1 aromatic carbocycles. The zero-order valence-corrected chi connectivity index (χ0v) is 14.2. The number of H-pyrrole nitrogens is 1. The van der Waals surface area contributed by atoms with Gasteiger partial charge in [-0.15, -0.1) is 0 Å². The second kappa shape index (κ2) is 6.47. The number of nitrogens with zero attached hydrogens (tertiary/aromatic N) is 3. The molecule has 0 fully saturated rings. The Morgan fingerprint density at radius 2 is 2.08 bits per heavy atom. The molecule has 1 aliphatic rings. The van der Waals surface area contributed by atoms with Crippen LogP contribution in [0.4, 0.5) is 18.9 Å². The second-order valence-electron chi connectivity index (χ2n) is 6.20. The summed E-state index contributed by atoms with van der Waals surface area (Å²) in [6, 6.07) is 6.73. The molecule has 3 rings (SSSR count). The number of rotatable bonds is 3. The molecule has 1 aliphatic heterocycles. The van der Waals surface area contributed by atoms with Gasteiger partial charge in [0.05, 0.1) is 17.9 Å². The Hall–Kier alpha value is -2.84. The van der Waals surface area contributed by atoms with Crippen LogP contribution in [0.5, 0.6) is 0 Å². The van der Waals surface area contributed by atoms with E-state index < -0.39 is 23.3 Å². The summed E-state index contributed by atoms with van der Waals surface area (Å²) in [6.07, 6.45) is -3.81. The van der Waals surface area contributed by atoms with E-state index in [0.29, 0.717) is 0 Å². The summed E-state index contributed by atoms with van der Waals surface area (Å²) in [6.45, 7) is 1.78. The second-order valence-corrected chi connectivity index (χ2v) is 6.20. The van der Waals surface area contributed by atoms with Crippen molar-refractivity contribution in [2.24, 2.45) is 0 Å². The Morgan fingerprint density at radius 3 is 2.73 bits per heavy atom. The highest BCUT2D eigenvalue weighted by Gasteiger charge is 2.42. The van der Waals surface area contributed by atoms with Crippen molar-refractivity contribution in [3.8, 4) is 0 Å². The summed E-state index contributed by atoms with van der Waals surface area (Å²) >= 11 is 0. The topological polar surface area (TPSA) is 69.3 Å². The van der Waals surface area contributed by atoms with E-state index in [1.807, 2.05) is 17.2 Å². The zero-order chi connectivity index (χ0) is 19.1. The molecule has 0 aliphatic carbocycles. The fourth-order valence-corrected chi connectivity index (χ4v) is 3.18. The molecule has 1 aromatic heterocycles. The molecule has 1 N–H and O–H groups in total. The first kappa shape index (κ1) is 18.0. The number of anilines is 1. The minimum atomic E-state index is -4.82. The van der Waals surface area contributed by atoms with Crippen molar-refractivity contribution in [3.63, 3.8) is 0 Å². The van der Waals surface area contributed by atoms with Crippen molar-refractivity contribution in [2.45, 2.75) is 25.7 Å². The molecule has 0 radical (unpaired) electrons. The Balaban J connectivity index is 2.11. The first-order valence-corrected chi connectivity index (χ1v) is 7.91. The van der Waals surface area contributed by atoms with E-state index >= 15 is 0 Å². The molecule has 0 saturated heterocycles. The first-order valence-electron chi connectivity index (χ1n) is 7.91. The third-order valence-corrected chi connectivity index (χ3v) is 4.54. The van der Waals surface area contributed by atoms with Gasteiger partial charge in [0, 0.05) is 27.1 Å². The Morgan fingerprint density at radius 1 is 1.38 bits per heavy atom. The SMILES string of the molecule is CC(=O)N(C)CC1c2ccccc2CN1c1cn[nH]c(=O)c1C(F)(F)F. The lowest BCUT2D eigenvalue weighted by Gasteiger charge is -2.31. The van der Waals surface area contributed by atoms with Crippen LogP contribution in [-0.4, -0.2) is 34.6 Å². The van der Waals surface area contributed by atoms with E-state index in [0.717, 1.165) is 17.3 Å². The van der Waals surface area contributed by atoms with E-state index in [2.05, 4.69) is 5.10 Å². The number of hydrogen-bond acceptors (Lipinski definition) is 4. The largest absolute Gasteiger partial charge is 0.423 e. The summed E-state index contributed by atoms with van der Waals surface area (Å²) < 4.78 is 40.4. The number of hydrogen-bond donors (Lipinski definition) is 1. The van der Waals surface area contributed by atoms with Gasteiger partial charge in [-0.25, -0.2) is 5.10 Å². The molecule has 1 unspecified atom stereocenters. The summed E-state index contributed by atoms with van der Waals surface area (Å²) in [5.41, 5.74) is -1.18. The highest BCUT2D eigenvalue weighted by molar-refractivity contribution is 5.73. The Bertz CT molecular complexity index is 894. The molecule has 1 atom stereocenters. The Labute approximate surface area is 147 Å². The van der Waals surface area contributed by atoms with Crippen LogP contribution in [0.1, 0.15) is 29.7 Å². The van der Waals surface area contributed by atoms with Gasteiger partial charge in [0.2, 0.25) is 5.91 Å². The van der Waals surface area contributed by atoms with Crippen LogP contribution in [0, 0.1) is 0 Å². The van der Waals surface area contributed by atoms with Crippen LogP contribution < -0.4 is 10.5 Å². The van der Waals surface area contributed by atoms with E-state index in [9.17, 15) is 22.8 Å². The quantitative estimate of drug-likeness (QED) is 0.905. The smallest absolute Gasteiger partial charge is 0.356 e. The third kappa shape index (κ3) is 3.16. The molecule has 26 heavy (non-hydrogen) atoms. The van der Waals surface area contributed by atoms with Gasteiger partial charge in [0.1, 0.15) is 5.56 Å². The fraction of sp³-hybridized carbons (Fsp3) is 0.353. The van der Waals surface area contributed by atoms with Gasteiger partial charge in [0.15, 0.2) is 0 Å². The number of aromatic nitrogens is 2. The minimum Gasteiger partial charge on any atom is -0.356 e. The predicted molar refractivity (Wildman–Crippen MR) is 88.5 cm³/mol. The maximum atomic E-state index is 13.5. The Kier molecular flexibility index (Phi) is 4.47. The highest BCUT2D eigenvalue weighted by atomic mass is 19.4. The zero-order valence-electron chi connectivity index (χ0n) is 14.2. The van der Waals surface area contributed by atoms with Crippen molar-refractivity contribution in [1.29, 1.82) is 0 Å². The van der Waals surface area contributed by atoms with Crippen molar-refractivity contribution < 1.29 is 18.0 Å². The summed E-state index contributed by atoms with van der Waals surface area (Å²) in [5, 5.41) is 5.40. The molecule has 2 heterocycles. The summed E-state index contributed by atoms with van der Waals surface area (Å²) in [5.74, 6) is -0.200. The van der Waals surface area contributed by atoms with Crippen LogP contribution in [0.3, 0.4) is 0 Å². The van der Waals surface area contributed by atoms with Gasteiger partial charge in [-0.05, 0) is 11.1 Å². The van der Waals surface area contributed by atoms with Crippen molar-refractivity contribution in [3.05, 3.63) is 57.5 Å². The number of likely N-dealkylation sites (N-methyl/N-ethyl adjacent to an activating group) is 1. The van der Waals surface area contributed by atoms with E-state index in [1.54, 1.807) is 19.2 Å². The van der Waals surface area contributed by atoms with Crippen LogP contribution in [-0.2, 0) is 17.5 Å². The van der Waals surface area contributed by atoms with Crippen LogP contribution in [0.25, 0.3) is 0 Å². The molecule has 2 aromatic rings. The molecule has 0 saturated carbocycles. The average Bonchev–Trinajstić information content (AvgIpc) is 2.92. The molecular weight excluding hydrogens is 349 g/mol. The molecule has 0 bridgehead atoms. The lowest BCUT2D eigenvalue weighted by atomic mass is 10.0. The molecule has 1 amide bonds. The number of carbonyl (C=O) groups is 1. The number of carbonyl (C=O) groups excluding carboxylic acids is 1. The molecular formula is C17H17F3N4O2. The van der Waals surface area contributed by atoms with Crippen molar-refractivity contribution in [2.75, 3.05) is 18.5 Å². The normalized spacial score (nSPS) is 16.5. The van der Waals surface area contributed by atoms with Crippen molar-refractivity contribution in [1.82, 2.24) is 15.1 Å². The van der Waals surface area contributed by atoms with Gasteiger partial charge in [-0.3, -0.25) is 9.59 Å². The van der Waals surface area contributed by atoms with E-state index in [-0.39, 0.29) is 24.7 Å².